The van der Waals surface area contributed by atoms with Crippen LogP contribution in [0.1, 0.15) is 30.4 Å². The molecule has 0 spiro atoms. The van der Waals surface area contributed by atoms with Crippen molar-refractivity contribution in [1.29, 1.82) is 0 Å². The van der Waals surface area contributed by atoms with E-state index < -0.39 is 0 Å². The number of aromatic nitrogens is 2. The number of nitrogens with zero attached hydrogens (tertiary/aromatic N) is 4. The normalized spacial score (nSPS) is 17.6. The van der Waals surface area contributed by atoms with E-state index in [0.29, 0.717) is 0 Å². The maximum absolute atomic E-state index is 12.6. The van der Waals surface area contributed by atoms with Crippen LogP contribution in [0.25, 0.3) is 10.3 Å². The highest BCUT2D eigenvalue weighted by Crippen LogP contribution is 2.30. The number of amides is 1. The van der Waals surface area contributed by atoms with Crippen LogP contribution in [0.4, 0.5) is 5.13 Å². The van der Waals surface area contributed by atoms with Gasteiger partial charge in [-0.1, -0.05) is 35.6 Å². The topological polar surface area (TPSA) is 61.4 Å². The Morgan fingerprint density at radius 3 is 2.77 bits per heavy atom. The Hall–Kier alpha value is -2.51. The van der Waals surface area contributed by atoms with E-state index in [4.69, 9.17) is 4.98 Å². The molecular formula is C24H29N5OS. The van der Waals surface area contributed by atoms with Crippen LogP contribution < -0.4 is 10.2 Å². The predicted octanol–water partition coefficient (Wildman–Crippen LogP) is 3.47. The molecule has 162 valence electrons. The molecular weight excluding hydrogens is 406 g/mol. The fraction of sp³-hybridized carbons (Fsp3) is 0.458. The lowest BCUT2D eigenvalue weighted by molar-refractivity contribution is -0.125. The van der Waals surface area contributed by atoms with E-state index in [1.807, 2.05) is 18.3 Å². The Bertz CT molecular complexity index is 1010. The van der Waals surface area contributed by atoms with Gasteiger partial charge in [-0.2, -0.15) is 0 Å². The molecule has 2 aliphatic heterocycles. The molecule has 31 heavy (non-hydrogen) atoms. The van der Waals surface area contributed by atoms with Gasteiger partial charge in [-0.05, 0) is 48.9 Å². The molecule has 0 aliphatic carbocycles. The number of rotatable bonds is 6. The third kappa shape index (κ3) is 4.72. The molecule has 4 heterocycles. The maximum atomic E-state index is 12.6. The summed E-state index contributed by atoms with van der Waals surface area (Å²) in [6.45, 7) is 5.71. The molecule has 1 aromatic carbocycles. The number of hydrogen-bond donors (Lipinski definition) is 1. The Labute approximate surface area is 187 Å². The van der Waals surface area contributed by atoms with Crippen LogP contribution >= 0.6 is 11.3 Å². The smallest absolute Gasteiger partial charge is 0.223 e. The van der Waals surface area contributed by atoms with Gasteiger partial charge in [0.25, 0.3) is 0 Å². The lowest BCUT2D eigenvalue weighted by Crippen LogP contribution is -2.41. The molecule has 0 saturated carbocycles. The number of hydrogen-bond acceptors (Lipinski definition) is 6. The highest BCUT2D eigenvalue weighted by atomic mass is 32.1. The fourth-order valence-electron chi connectivity index (χ4n) is 4.63. The first-order valence-electron chi connectivity index (χ1n) is 11.3. The van der Waals surface area contributed by atoms with Crippen LogP contribution in [0.15, 0.2) is 42.6 Å². The van der Waals surface area contributed by atoms with Gasteiger partial charge in [0.15, 0.2) is 5.13 Å². The highest BCUT2D eigenvalue weighted by molar-refractivity contribution is 7.21. The van der Waals surface area contributed by atoms with Crippen molar-refractivity contribution in [2.45, 2.75) is 32.2 Å². The van der Waals surface area contributed by atoms with Crippen LogP contribution in [0.3, 0.4) is 0 Å². The second-order valence-electron chi connectivity index (χ2n) is 8.52. The van der Waals surface area contributed by atoms with Crippen molar-refractivity contribution in [2.75, 3.05) is 37.6 Å². The van der Waals surface area contributed by atoms with Crippen molar-refractivity contribution in [2.24, 2.45) is 5.92 Å². The minimum atomic E-state index is 0.116. The second kappa shape index (κ2) is 9.32. The lowest BCUT2D eigenvalue weighted by atomic mass is 9.96. The summed E-state index contributed by atoms with van der Waals surface area (Å²) >= 11 is 1.64. The van der Waals surface area contributed by atoms with Gasteiger partial charge >= 0.3 is 0 Å². The minimum Gasteiger partial charge on any atom is -0.356 e. The molecule has 0 radical (unpaired) electrons. The third-order valence-electron chi connectivity index (χ3n) is 6.45. The fourth-order valence-corrected chi connectivity index (χ4v) is 5.59. The van der Waals surface area contributed by atoms with Gasteiger partial charge in [0.05, 0.1) is 0 Å². The number of pyridine rings is 1. The zero-order valence-corrected chi connectivity index (χ0v) is 18.6. The van der Waals surface area contributed by atoms with Gasteiger partial charge in [-0.15, -0.1) is 0 Å². The molecule has 1 N–H and O–H groups in total. The molecule has 0 atom stereocenters. The summed E-state index contributed by atoms with van der Waals surface area (Å²) in [5.41, 5.74) is 3.90. The van der Waals surface area contributed by atoms with Crippen molar-refractivity contribution in [1.82, 2.24) is 20.2 Å². The van der Waals surface area contributed by atoms with Crippen molar-refractivity contribution in [3.05, 3.63) is 53.7 Å². The van der Waals surface area contributed by atoms with Crippen LogP contribution in [0, 0.1) is 5.92 Å². The molecule has 2 aliphatic rings. The van der Waals surface area contributed by atoms with E-state index in [-0.39, 0.29) is 11.8 Å². The monoisotopic (exact) mass is 435 g/mol. The van der Waals surface area contributed by atoms with Crippen molar-refractivity contribution in [3.8, 4) is 0 Å². The molecule has 6 nitrogen and oxygen atoms in total. The summed E-state index contributed by atoms with van der Waals surface area (Å²) in [5, 5.41) is 4.20. The Morgan fingerprint density at radius 2 is 1.94 bits per heavy atom. The van der Waals surface area contributed by atoms with Crippen molar-refractivity contribution < 1.29 is 4.79 Å². The zero-order chi connectivity index (χ0) is 21.0. The van der Waals surface area contributed by atoms with E-state index in [9.17, 15) is 4.79 Å². The van der Waals surface area contributed by atoms with Crippen molar-refractivity contribution >= 4 is 32.7 Å². The number of piperidine rings is 1. The maximum Gasteiger partial charge on any atom is 0.223 e. The van der Waals surface area contributed by atoms with Crippen LogP contribution in [0.5, 0.6) is 0 Å². The summed E-state index contributed by atoms with van der Waals surface area (Å²) in [6, 6.07) is 12.7. The Morgan fingerprint density at radius 1 is 1.10 bits per heavy atom. The van der Waals surface area contributed by atoms with Gasteiger partial charge in [-0.25, -0.2) is 9.97 Å². The average Bonchev–Trinajstić information content (AvgIpc) is 3.26. The lowest BCUT2D eigenvalue weighted by Gasteiger charge is -2.31. The van der Waals surface area contributed by atoms with E-state index in [1.165, 1.54) is 11.1 Å². The van der Waals surface area contributed by atoms with E-state index in [2.05, 4.69) is 44.4 Å². The van der Waals surface area contributed by atoms with E-state index >= 15 is 0 Å². The first-order chi connectivity index (χ1) is 15.3. The molecule has 0 unspecified atom stereocenters. The van der Waals surface area contributed by atoms with Crippen LogP contribution in [-0.4, -0.2) is 53.5 Å². The van der Waals surface area contributed by atoms with Gasteiger partial charge in [0.2, 0.25) is 5.91 Å². The number of benzene rings is 1. The third-order valence-corrected chi connectivity index (χ3v) is 7.49. The quantitative estimate of drug-likeness (QED) is 0.601. The Kier molecular flexibility index (Phi) is 6.13. The summed E-state index contributed by atoms with van der Waals surface area (Å²) in [4.78, 5) is 27.5. The first kappa shape index (κ1) is 20.4. The molecule has 0 bridgehead atoms. The number of nitrogens with one attached hydrogen (secondary N) is 1. The zero-order valence-electron chi connectivity index (χ0n) is 17.8. The Balaban J connectivity index is 1.03. The largest absolute Gasteiger partial charge is 0.356 e. The summed E-state index contributed by atoms with van der Waals surface area (Å²) < 4.78 is 0. The number of thiazole rings is 1. The standard InChI is InChI=1S/C24H29N5OS/c30-22(25-12-4-13-28-14-8-18-5-1-2-6-20(18)17-28)19-9-15-29(16-10-19)24-27-21-7-3-11-26-23(21)31-24/h1-3,5-7,11,19H,4,8-10,12-17H2,(H,25,30). The van der Waals surface area contributed by atoms with E-state index in [1.54, 1.807) is 11.3 Å². The number of carbonyl (C=O) groups is 1. The predicted molar refractivity (Wildman–Crippen MR) is 125 cm³/mol. The van der Waals surface area contributed by atoms with Crippen molar-refractivity contribution in [3.63, 3.8) is 0 Å². The molecule has 3 aromatic rings. The van der Waals surface area contributed by atoms with Gasteiger partial charge in [-0.3, -0.25) is 9.69 Å². The molecule has 1 saturated heterocycles. The second-order valence-corrected chi connectivity index (χ2v) is 9.48. The molecule has 5 rings (SSSR count). The van der Waals surface area contributed by atoms with Crippen LogP contribution in [0.2, 0.25) is 0 Å². The SMILES string of the molecule is O=C(NCCCN1CCc2ccccc2C1)C1CCN(c2nc3cccnc3s2)CC1. The molecule has 1 amide bonds. The number of carbonyl (C=O) groups excluding carboxylic acids is 1. The summed E-state index contributed by atoms with van der Waals surface area (Å²) in [6.07, 6.45) is 5.72. The van der Waals surface area contributed by atoms with Gasteiger partial charge in [0, 0.05) is 51.4 Å². The van der Waals surface area contributed by atoms with Gasteiger partial charge < -0.3 is 10.2 Å². The molecule has 2 aromatic heterocycles. The van der Waals surface area contributed by atoms with Crippen LogP contribution in [-0.2, 0) is 17.8 Å². The molecule has 1 fully saturated rings. The molecule has 7 heteroatoms. The summed E-state index contributed by atoms with van der Waals surface area (Å²) in [7, 11) is 0. The minimum absolute atomic E-state index is 0.116. The highest BCUT2D eigenvalue weighted by Gasteiger charge is 2.26. The average molecular weight is 436 g/mol. The first-order valence-corrected chi connectivity index (χ1v) is 12.1. The summed E-state index contributed by atoms with van der Waals surface area (Å²) in [5.74, 6) is 0.334. The van der Waals surface area contributed by atoms with Gasteiger partial charge in [0.1, 0.15) is 10.3 Å². The number of fused-ring (bicyclic) bond motifs is 2. The van der Waals surface area contributed by atoms with E-state index in [0.717, 1.165) is 80.4 Å². The number of anilines is 1.